The van der Waals surface area contributed by atoms with Crippen molar-refractivity contribution in [3.8, 4) is 16.9 Å². The number of benzene rings is 2. The van der Waals surface area contributed by atoms with Crippen LogP contribution in [-0.2, 0) is 4.57 Å². The average molecular weight is 329 g/mol. The molecule has 0 fully saturated rings. The molecule has 0 unspecified atom stereocenters. The zero-order valence-corrected chi connectivity index (χ0v) is 11.6. The molecule has 0 amide bonds. The number of hydrogen-bond acceptors (Lipinski definition) is 2. The Morgan fingerprint density at radius 1 is 1.00 bits per heavy atom. The Morgan fingerprint density at radius 2 is 1.61 bits per heavy atom. The first-order chi connectivity index (χ1) is 8.46. The summed E-state index contributed by atoms with van der Waals surface area (Å²) >= 11 is 3.33. The van der Waals surface area contributed by atoms with Gasteiger partial charge in [0.1, 0.15) is 5.75 Å². The van der Waals surface area contributed by atoms with Gasteiger partial charge in [0.2, 0.25) is 0 Å². The Bertz CT molecular complexity index is 591. The van der Waals surface area contributed by atoms with Crippen LogP contribution < -0.4 is 4.52 Å². The van der Waals surface area contributed by atoms with E-state index in [0.717, 1.165) is 10.0 Å². The van der Waals surface area contributed by atoms with Gasteiger partial charge < -0.3 is 4.52 Å². The second-order valence-electron chi connectivity index (χ2n) is 3.58. The predicted octanol–water partition coefficient (Wildman–Crippen LogP) is 3.59. The van der Waals surface area contributed by atoms with Crippen LogP contribution in [0, 0.1) is 0 Å². The summed E-state index contributed by atoms with van der Waals surface area (Å²) in [6, 6.07) is 14.1. The van der Waals surface area contributed by atoms with Crippen LogP contribution in [0.1, 0.15) is 0 Å². The molecule has 2 aromatic carbocycles. The van der Waals surface area contributed by atoms with E-state index in [-0.39, 0.29) is 5.75 Å². The van der Waals surface area contributed by atoms with E-state index in [0.29, 0.717) is 5.56 Å². The molecule has 18 heavy (non-hydrogen) atoms. The van der Waals surface area contributed by atoms with Gasteiger partial charge in [0.15, 0.2) is 0 Å². The van der Waals surface area contributed by atoms with Gasteiger partial charge in [0.25, 0.3) is 0 Å². The van der Waals surface area contributed by atoms with Crippen molar-refractivity contribution in [2.24, 2.45) is 0 Å². The number of halogens is 1. The molecule has 0 saturated heterocycles. The Balaban J connectivity index is 2.44. The highest BCUT2D eigenvalue weighted by molar-refractivity contribution is 9.10. The molecule has 0 heterocycles. The SMILES string of the molecule is O=P(O)(O)Oc1ccccc1-c1ccc(Br)cc1. The number of phosphoric ester groups is 1. The minimum Gasteiger partial charge on any atom is -0.404 e. The molecular weight excluding hydrogens is 319 g/mol. The van der Waals surface area contributed by atoms with Crippen molar-refractivity contribution in [3.05, 3.63) is 53.0 Å². The molecule has 0 aliphatic carbocycles. The van der Waals surface area contributed by atoms with Gasteiger partial charge in [-0.3, -0.25) is 9.79 Å². The maximum Gasteiger partial charge on any atom is 0.524 e. The van der Waals surface area contributed by atoms with E-state index in [1.807, 2.05) is 24.3 Å². The Hall–Kier alpha value is -1.13. The largest absolute Gasteiger partial charge is 0.524 e. The first-order valence-corrected chi connectivity index (χ1v) is 7.38. The third kappa shape index (κ3) is 3.43. The van der Waals surface area contributed by atoms with Crippen molar-refractivity contribution < 1.29 is 18.9 Å². The van der Waals surface area contributed by atoms with Gasteiger partial charge in [0.05, 0.1) is 0 Å². The number of para-hydroxylation sites is 1. The van der Waals surface area contributed by atoms with Crippen LogP contribution in [0.25, 0.3) is 11.1 Å². The third-order valence-electron chi connectivity index (χ3n) is 2.26. The zero-order valence-electron chi connectivity index (χ0n) is 9.15. The van der Waals surface area contributed by atoms with Crippen LogP contribution in [-0.4, -0.2) is 9.79 Å². The topological polar surface area (TPSA) is 66.8 Å². The minimum absolute atomic E-state index is 0.160. The molecule has 0 atom stereocenters. The van der Waals surface area contributed by atoms with Crippen LogP contribution >= 0.6 is 23.8 Å². The van der Waals surface area contributed by atoms with Crippen molar-refractivity contribution in [2.75, 3.05) is 0 Å². The number of phosphoric acid groups is 1. The lowest BCUT2D eigenvalue weighted by Crippen LogP contribution is -1.92. The predicted molar refractivity (Wildman–Crippen MR) is 72.3 cm³/mol. The molecular formula is C12H10BrO4P. The molecule has 0 aromatic heterocycles. The number of rotatable bonds is 3. The van der Waals surface area contributed by atoms with E-state index in [2.05, 4.69) is 20.5 Å². The highest BCUT2D eigenvalue weighted by atomic mass is 79.9. The van der Waals surface area contributed by atoms with Crippen molar-refractivity contribution >= 4 is 23.8 Å². The molecule has 2 aromatic rings. The van der Waals surface area contributed by atoms with Crippen molar-refractivity contribution in [1.29, 1.82) is 0 Å². The fraction of sp³-hybridized carbons (Fsp3) is 0. The van der Waals surface area contributed by atoms with Gasteiger partial charge in [-0.2, -0.15) is 0 Å². The maximum absolute atomic E-state index is 10.9. The van der Waals surface area contributed by atoms with Gasteiger partial charge in [-0.15, -0.1) is 0 Å². The second-order valence-corrected chi connectivity index (χ2v) is 5.66. The van der Waals surface area contributed by atoms with Gasteiger partial charge in [-0.05, 0) is 23.8 Å². The monoisotopic (exact) mass is 328 g/mol. The third-order valence-corrected chi connectivity index (χ3v) is 3.22. The Morgan fingerprint density at radius 3 is 2.22 bits per heavy atom. The van der Waals surface area contributed by atoms with Gasteiger partial charge in [-0.1, -0.05) is 46.3 Å². The summed E-state index contributed by atoms with van der Waals surface area (Å²) in [4.78, 5) is 17.7. The highest BCUT2D eigenvalue weighted by Gasteiger charge is 2.18. The van der Waals surface area contributed by atoms with E-state index < -0.39 is 7.82 Å². The molecule has 0 saturated carbocycles. The summed E-state index contributed by atoms with van der Waals surface area (Å²) < 4.78 is 16.5. The summed E-state index contributed by atoms with van der Waals surface area (Å²) in [5, 5.41) is 0. The summed E-state index contributed by atoms with van der Waals surface area (Å²) in [6.07, 6.45) is 0. The lowest BCUT2D eigenvalue weighted by Gasteiger charge is -2.11. The zero-order chi connectivity index (χ0) is 13.2. The van der Waals surface area contributed by atoms with Crippen LogP contribution in [0.15, 0.2) is 53.0 Å². The standard InChI is InChI=1S/C12H10BrO4P/c13-10-7-5-9(6-8-10)11-3-1-2-4-12(11)17-18(14,15)16/h1-8H,(H2,14,15,16). The van der Waals surface area contributed by atoms with Crippen LogP contribution in [0.3, 0.4) is 0 Å². The molecule has 6 heteroatoms. The number of hydrogen-bond donors (Lipinski definition) is 2. The Labute approximate surface area is 113 Å². The molecule has 0 spiro atoms. The van der Waals surface area contributed by atoms with Crippen LogP contribution in [0.4, 0.5) is 0 Å². The van der Waals surface area contributed by atoms with E-state index in [1.54, 1.807) is 18.2 Å². The normalized spacial score (nSPS) is 11.3. The van der Waals surface area contributed by atoms with Crippen molar-refractivity contribution in [1.82, 2.24) is 0 Å². The summed E-state index contributed by atoms with van der Waals surface area (Å²) in [5.74, 6) is 0.160. The van der Waals surface area contributed by atoms with Gasteiger partial charge in [-0.25, -0.2) is 4.57 Å². The molecule has 0 radical (unpaired) electrons. The fourth-order valence-corrected chi connectivity index (χ4v) is 2.22. The van der Waals surface area contributed by atoms with E-state index in [1.165, 1.54) is 6.07 Å². The maximum atomic E-state index is 10.9. The quantitative estimate of drug-likeness (QED) is 0.845. The van der Waals surface area contributed by atoms with Gasteiger partial charge >= 0.3 is 7.82 Å². The van der Waals surface area contributed by atoms with Crippen molar-refractivity contribution in [2.45, 2.75) is 0 Å². The molecule has 0 bridgehead atoms. The Kier molecular flexibility index (Phi) is 3.88. The minimum atomic E-state index is -4.55. The average Bonchev–Trinajstić information content (AvgIpc) is 2.29. The van der Waals surface area contributed by atoms with Gasteiger partial charge in [0, 0.05) is 10.0 Å². The summed E-state index contributed by atoms with van der Waals surface area (Å²) in [5.41, 5.74) is 1.45. The first-order valence-electron chi connectivity index (χ1n) is 5.06. The molecule has 4 nitrogen and oxygen atoms in total. The van der Waals surface area contributed by atoms with Crippen molar-refractivity contribution in [3.63, 3.8) is 0 Å². The fourth-order valence-electron chi connectivity index (χ4n) is 1.54. The molecule has 2 N–H and O–H groups in total. The smallest absolute Gasteiger partial charge is 0.404 e. The molecule has 2 rings (SSSR count). The van der Waals surface area contributed by atoms with Crippen LogP contribution in [0.5, 0.6) is 5.75 Å². The summed E-state index contributed by atoms with van der Waals surface area (Å²) in [6.45, 7) is 0. The molecule has 0 aliphatic rings. The molecule has 94 valence electrons. The highest BCUT2D eigenvalue weighted by Crippen LogP contribution is 2.42. The lowest BCUT2D eigenvalue weighted by molar-refractivity contribution is 0.283. The van der Waals surface area contributed by atoms with E-state index in [4.69, 9.17) is 9.79 Å². The summed E-state index contributed by atoms with van der Waals surface area (Å²) in [7, 11) is -4.55. The van der Waals surface area contributed by atoms with E-state index >= 15 is 0 Å². The molecule has 0 aliphatic heterocycles. The van der Waals surface area contributed by atoms with E-state index in [9.17, 15) is 4.57 Å². The van der Waals surface area contributed by atoms with Crippen LogP contribution in [0.2, 0.25) is 0 Å². The lowest BCUT2D eigenvalue weighted by atomic mass is 10.1. The second kappa shape index (κ2) is 5.24. The first kappa shape index (κ1) is 13.3.